The zero-order chi connectivity index (χ0) is 13.5. The molecule has 3 N–H and O–H groups in total. The van der Waals surface area contributed by atoms with Gasteiger partial charge in [0, 0.05) is 12.4 Å². The van der Waals surface area contributed by atoms with E-state index in [0.717, 1.165) is 18.4 Å². The third-order valence-electron chi connectivity index (χ3n) is 3.14. The Morgan fingerprint density at radius 1 is 1.44 bits per heavy atom. The lowest BCUT2D eigenvalue weighted by atomic mass is 9.92. The van der Waals surface area contributed by atoms with Crippen LogP contribution in [-0.2, 0) is 11.2 Å². The first-order chi connectivity index (χ1) is 8.56. The minimum absolute atomic E-state index is 0.0910. The van der Waals surface area contributed by atoms with Crippen LogP contribution < -0.4 is 5.32 Å². The van der Waals surface area contributed by atoms with Crippen molar-refractivity contribution in [2.24, 2.45) is 5.92 Å². The van der Waals surface area contributed by atoms with Gasteiger partial charge in [0.15, 0.2) is 0 Å². The molecule has 0 aromatic carbocycles. The third-order valence-corrected chi connectivity index (χ3v) is 3.14. The minimum Gasteiger partial charge on any atom is -0.480 e. The lowest BCUT2D eigenvalue weighted by Gasteiger charge is -2.24. The number of hydrogen-bond acceptors (Lipinski definition) is 4. The molecule has 1 rings (SSSR count). The number of carboxylic acid groups (broad SMARTS) is 1. The standard InChI is InChI=1S/C13H20N2O3/c1-9(12(16)11(14-2)13(17)18)3-4-10-5-7-15-8-6-10/h5-9,11-12,14,16H,3-4H2,1-2H3,(H,17,18)/t9-,11+,12-/m1/s1. The highest BCUT2D eigenvalue weighted by atomic mass is 16.4. The lowest BCUT2D eigenvalue weighted by Crippen LogP contribution is -2.47. The Hall–Kier alpha value is -1.46. The van der Waals surface area contributed by atoms with Gasteiger partial charge >= 0.3 is 5.97 Å². The molecule has 3 atom stereocenters. The molecule has 0 bridgehead atoms. The van der Waals surface area contributed by atoms with E-state index in [1.165, 1.54) is 7.05 Å². The Balaban J connectivity index is 2.49. The largest absolute Gasteiger partial charge is 0.480 e. The maximum Gasteiger partial charge on any atom is 0.323 e. The summed E-state index contributed by atoms with van der Waals surface area (Å²) in [6.07, 6.45) is 4.09. The van der Waals surface area contributed by atoms with Crippen LogP contribution in [0.2, 0.25) is 0 Å². The van der Waals surface area contributed by atoms with Gasteiger partial charge in [-0.25, -0.2) is 0 Å². The molecule has 0 unspecified atom stereocenters. The van der Waals surface area contributed by atoms with Gasteiger partial charge in [0.05, 0.1) is 6.10 Å². The van der Waals surface area contributed by atoms with Crippen LogP contribution in [0.3, 0.4) is 0 Å². The fraction of sp³-hybridized carbons (Fsp3) is 0.538. The molecule has 0 aliphatic rings. The average Bonchev–Trinajstić information content (AvgIpc) is 2.37. The smallest absolute Gasteiger partial charge is 0.323 e. The number of aliphatic carboxylic acids is 1. The van der Waals surface area contributed by atoms with Crippen LogP contribution in [0.15, 0.2) is 24.5 Å². The Bertz CT molecular complexity index is 370. The second-order valence-corrected chi connectivity index (χ2v) is 4.47. The Labute approximate surface area is 107 Å². The number of likely N-dealkylation sites (N-methyl/N-ethyl adjacent to an activating group) is 1. The normalized spacial score (nSPS) is 15.9. The van der Waals surface area contributed by atoms with E-state index >= 15 is 0 Å². The molecule has 0 saturated heterocycles. The summed E-state index contributed by atoms with van der Waals surface area (Å²) in [5, 5.41) is 21.5. The molecule has 5 heteroatoms. The van der Waals surface area contributed by atoms with Crippen molar-refractivity contribution >= 4 is 5.97 Å². The Morgan fingerprint density at radius 2 is 2.06 bits per heavy atom. The molecule has 100 valence electrons. The quantitative estimate of drug-likeness (QED) is 0.665. The first kappa shape index (κ1) is 14.6. The number of aryl methyl sites for hydroxylation is 1. The summed E-state index contributed by atoms with van der Waals surface area (Å²) in [6.45, 7) is 1.86. The molecule has 1 aromatic rings. The van der Waals surface area contributed by atoms with Crippen LogP contribution in [0.25, 0.3) is 0 Å². The lowest BCUT2D eigenvalue weighted by molar-refractivity contribution is -0.143. The summed E-state index contributed by atoms with van der Waals surface area (Å²) < 4.78 is 0. The molecule has 0 saturated carbocycles. The number of aliphatic hydroxyl groups is 1. The number of nitrogens with one attached hydrogen (secondary N) is 1. The molecule has 0 aliphatic heterocycles. The number of carbonyl (C=O) groups is 1. The van der Waals surface area contributed by atoms with E-state index in [1.807, 2.05) is 19.1 Å². The highest BCUT2D eigenvalue weighted by Gasteiger charge is 2.28. The molecule has 0 aliphatic carbocycles. The van der Waals surface area contributed by atoms with E-state index in [4.69, 9.17) is 5.11 Å². The molecule has 0 fully saturated rings. The van der Waals surface area contributed by atoms with Crippen molar-refractivity contribution < 1.29 is 15.0 Å². The van der Waals surface area contributed by atoms with Crippen molar-refractivity contribution in [3.05, 3.63) is 30.1 Å². The average molecular weight is 252 g/mol. The Morgan fingerprint density at radius 3 is 2.56 bits per heavy atom. The summed E-state index contributed by atoms with van der Waals surface area (Å²) in [7, 11) is 1.54. The third kappa shape index (κ3) is 4.09. The van der Waals surface area contributed by atoms with Gasteiger partial charge in [0.1, 0.15) is 6.04 Å². The SMILES string of the molecule is CN[C@H](C(=O)O)[C@H](O)[C@H](C)CCc1ccncc1. The van der Waals surface area contributed by atoms with Crippen molar-refractivity contribution in [2.45, 2.75) is 31.9 Å². The highest BCUT2D eigenvalue weighted by Crippen LogP contribution is 2.15. The molecule has 0 amide bonds. The van der Waals surface area contributed by atoms with Crippen LogP contribution in [-0.4, -0.2) is 40.4 Å². The van der Waals surface area contributed by atoms with E-state index < -0.39 is 18.1 Å². The molecule has 0 spiro atoms. The fourth-order valence-corrected chi connectivity index (χ4v) is 1.88. The number of nitrogens with zero attached hydrogens (tertiary/aromatic N) is 1. The number of hydrogen-bond donors (Lipinski definition) is 3. The summed E-state index contributed by atoms with van der Waals surface area (Å²) in [6, 6.07) is 2.93. The van der Waals surface area contributed by atoms with Gasteiger partial charge in [-0.05, 0) is 43.5 Å². The van der Waals surface area contributed by atoms with Crippen LogP contribution in [0.5, 0.6) is 0 Å². The number of pyridine rings is 1. The van der Waals surface area contributed by atoms with Crippen molar-refractivity contribution in [2.75, 3.05) is 7.05 Å². The maximum absolute atomic E-state index is 10.9. The zero-order valence-electron chi connectivity index (χ0n) is 10.7. The van der Waals surface area contributed by atoms with Crippen molar-refractivity contribution in [1.29, 1.82) is 0 Å². The number of rotatable bonds is 7. The molecular weight excluding hydrogens is 232 g/mol. The van der Waals surface area contributed by atoms with Crippen LogP contribution in [0.1, 0.15) is 18.9 Å². The summed E-state index contributed by atoms with van der Waals surface area (Å²) >= 11 is 0. The molecular formula is C13H20N2O3. The van der Waals surface area contributed by atoms with Crippen LogP contribution in [0, 0.1) is 5.92 Å². The Kier molecular flexibility index (Phi) is 5.74. The highest BCUT2D eigenvalue weighted by molar-refractivity contribution is 5.74. The van der Waals surface area contributed by atoms with Gasteiger partial charge in [0.25, 0.3) is 0 Å². The van der Waals surface area contributed by atoms with Crippen molar-refractivity contribution in [1.82, 2.24) is 10.3 Å². The second-order valence-electron chi connectivity index (χ2n) is 4.47. The fourth-order valence-electron chi connectivity index (χ4n) is 1.88. The second kappa shape index (κ2) is 7.08. The van der Waals surface area contributed by atoms with E-state index in [-0.39, 0.29) is 5.92 Å². The van der Waals surface area contributed by atoms with Gasteiger partial charge in [0.2, 0.25) is 0 Å². The van der Waals surface area contributed by atoms with Gasteiger partial charge in [-0.2, -0.15) is 0 Å². The molecule has 18 heavy (non-hydrogen) atoms. The molecule has 0 radical (unpaired) electrons. The monoisotopic (exact) mass is 252 g/mol. The predicted molar refractivity (Wildman–Crippen MR) is 68.2 cm³/mol. The summed E-state index contributed by atoms with van der Waals surface area (Å²) in [4.78, 5) is 14.9. The summed E-state index contributed by atoms with van der Waals surface area (Å²) in [5.74, 6) is -1.12. The van der Waals surface area contributed by atoms with E-state index in [9.17, 15) is 9.90 Å². The predicted octanol–water partition coefficient (Wildman–Crippen LogP) is 0.684. The van der Waals surface area contributed by atoms with Crippen LogP contribution >= 0.6 is 0 Å². The summed E-state index contributed by atoms with van der Waals surface area (Å²) in [5.41, 5.74) is 1.14. The molecule has 5 nitrogen and oxygen atoms in total. The van der Waals surface area contributed by atoms with E-state index in [2.05, 4.69) is 10.3 Å². The zero-order valence-corrected chi connectivity index (χ0v) is 10.7. The maximum atomic E-state index is 10.9. The topological polar surface area (TPSA) is 82.5 Å². The molecule has 1 aromatic heterocycles. The van der Waals surface area contributed by atoms with Gasteiger partial charge in [-0.3, -0.25) is 9.78 Å². The first-order valence-electron chi connectivity index (χ1n) is 6.03. The van der Waals surface area contributed by atoms with Gasteiger partial charge < -0.3 is 15.5 Å². The van der Waals surface area contributed by atoms with Crippen molar-refractivity contribution in [3.63, 3.8) is 0 Å². The van der Waals surface area contributed by atoms with E-state index in [1.54, 1.807) is 12.4 Å². The van der Waals surface area contributed by atoms with E-state index in [0.29, 0.717) is 0 Å². The van der Waals surface area contributed by atoms with Gasteiger partial charge in [-0.1, -0.05) is 6.92 Å². The van der Waals surface area contributed by atoms with Crippen molar-refractivity contribution in [3.8, 4) is 0 Å². The minimum atomic E-state index is -1.03. The first-order valence-corrected chi connectivity index (χ1v) is 6.03. The van der Waals surface area contributed by atoms with Crippen LogP contribution in [0.4, 0.5) is 0 Å². The number of aromatic nitrogens is 1. The number of aliphatic hydroxyl groups excluding tert-OH is 1. The number of carboxylic acids is 1. The molecule has 1 heterocycles. The van der Waals surface area contributed by atoms with Gasteiger partial charge in [-0.15, -0.1) is 0 Å².